The fraction of sp³-hybridized carbons (Fsp3) is 0.625. The van der Waals surface area contributed by atoms with Crippen molar-refractivity contribution in [2.45, 2.75) is 51.6 Å². The molecule has 1 aromatic rings. The average Bonchev–Trinajstić information content (AvgIpc) is 2.90. The number of hydrogen-bond donors (Lipinski definition) is 1. The largest absolute Gasteiger partial charge is 0.493 e. The Labute approximate surface area is 110 Å². The van der Waals surface area contributed by atoms with E-state index in [4.69, 9.17) is 4.74 Å². The van der Waals surface area contributed by atoms with E-state index in [1.165, 1.54) is 25.7 Å². The first-order chi connectivity index (χ1) is 8.79. The zero-order valence-corrected chi connectivity index (χ0v) is 11.3. The minimum atomic E-state index is -0.356. The van der Waals surface area contributed by atoms with Gasteiger partial charge in [-0.15, -0.1) is 0 Å². The molecule has 2 rings (SSSR count). The molecule has 0 amide bonds. The van der Waals surface area contributed by atoms with Gasteiger partial charge >= 0.3 is 0 Å². The van der Waals surface area contributed by atoms with Gasteiger partial charge in [-0.25, -0.2) is 0 Å². The van der Waals surface area contributed by atoms with Gasteiger partial charge in [-0.05, 0) is 42.9 Å². The molecule has 1 N–H and O–H groups in total. The van der Waals surface area contributed by atoms with E-state index in [0.29, 0.717) is 0 Å². The van der Waals surface area contributed by atoms with Crippen molar-refractivity contribution < 1.29 is 9.84 Å². The van der Waals surface area contributed by atoms with Crippen LogP contribution < -0.4 is 4.74 Å². The Hall–Kier alpha value is -1.02. The monoisotopic (exact) mass is 248 g/mol. The van der Waals surface area contributed by atoms with Gasteiger partial charge in [0.2, 0.25) is 0 Å². The minimum Gasteiger partial charge on any atom is -0.493 e. The summed E-state index contributed by atoms with van der Waals surface area (Å²) in [6, 6.07) is 7.91. The van der Waals surface area contributed by atoms with E-state index >= 15 is 0 Å². The lowest BCUT2D eigenvalue weighted by molar-refractivity contribution is 0.165. The van der Waals surface area contributed by atoms with Crippen LogP contribution in [0.15, 0.2) is 24.3 Å². The van der Waals surface area contributed by atoms with Gasteiger partial charge in [-0.1, -0.05) is 38.3 Å². The van der Waals surface area contributed by atoms with Crippen molar-refractivity contribution in [1.29, 1.82) is 0 Å². The van der Waals surface area contributed by atoms with Crippen molar-refractivity contribution in [3.05, 3.63) is 29.8 Å². The molecular weight excluding hydrogens is 224 g/mol. The lowest BCUT2D eigenvalue weighted by Crippen LogP contribution is -2.08. The molecule has 0 saturated heterocycles. The van der Waals surface area contributed by atoms with Gasteiger partial charge in [0.15, 0.2) is 0 Å². The van der Waals surface area contributed by atoms with Crippen LogP contribution in [-0.2, 0) is 0 Å². The van der Waals surface area contributed by atoms with E-state index in [0.717, 1.165) is 36.7 Å². The molecule has 0 unspecified atom stereocenters. The van der Waals surface area contributed by atoms with Crippen molar-refractivity contribution in [2.75, 3.05) is 6.61 Å². The molecule has 1 fully saturated rings. The quantitative estimate of drug-likeness (QED) is 0.821. The second-order valence-corrected chi connectivity index (χ2v) is 5.34. The summed E-state index contributed by atoms with van der Waals surface area (Å²) in [5, 5.41) is 9.97. The normalized spacial score (nSPS) is 17.9. The van der Waals surface area contributed by atoms with Gasteiger partial charge in [0.25, 0.3) is 0 Å². The molecule has 1 saturated carbocycles. The summed E-state index contributed by atoms with van der Waals surface area (Å²) >= 11 is 0. The van der Waals surface area contributed by atoms with E-state index in [2.05, 4.69) is 6.92 Å². The van der Waals surface area contributed by atoms with Crippen LogP contribution in [-0.4, -0.2) is 11.7 Å². The Morgan fingerprint density at radius 1 is 1.33 bits per heavy atom. The highest BCUT2D eigenvalue weighted by atomic mass is 16.5. The smallest absolute Gasteiger partial charge is 0.119 e. The van der Waals surface area contributed by atoms with Crippen molar-refractivity contribution in [3.63, 3.8) is 0 Å². The lowest BCUT2D eigenvalue weighted by Gasteiger charge is -2.14. The first-order valence-corrected chi connectivity index (χ1v) is 7.20. The molecule has 100 valence electrons. The van der Waals surface area contributed by atoms with Crippen molar-refractivity contribution in [1.82, 2.24) is 0 Å². The molecule has 0 bridgehead atoms. The lowest BCUT2D eigenvalue weighted by atomic mass is 10.1. The Kier molecular flexibility index (Phi) is 5.06. The van der Waals surface area contributed by atoms with Crippen LogP contribution in [0, 0.1) is 5.92 Å². The van der Waals surface area contributed by atoms with Gasteiger partial charge in [0.1, 0.15) is 5.75 Å². The highest BCUT2D eigenvalue weighted by Crippen LogP contribution is 2.27. The summed E-state index contributed by atoms with van der Waals surface area (Å²) in [6.45, 7) is 2.91. The Bertz CT molecular complexity index is 356. The van der Waals surface area contributed by atoms with E-state index in [-0.39, 0.29) is 6.10 Å². The fourth-order valence-corrected chi connectivity index (χ4v) is 2.64. The minimum absolute atomic E-state index is 0.356. The SMILES string of the molecule is CCC[C@H](O)c1cccc(OCC2CCCC2)c1. The van der Waals surface area contributed by atoms with E-state index < -0.39 is 0 Å². The number of aliphatic hydroxyl groups excluding tert-OH is 1. The maximum atomic E-state index is 9.97. The predicted molar refractivity (Wildman–Crippen MR) is 73.8 cm³/mol. The average molecular weight is 248 g/mol. The van der Waals surface area contributed by atoms with E-state index in [1.54, 1.807) is 0 Å². The Morgan fingerprint density at radius 2 is 2.11 bits per heavy atom. The van der Waals surface area contributed by atoms with Crippen LogP contribution in [0.5, 0.6) is 5.75 Å². The molecule has 1 aromatic carbocycles. The molecular formula is C16H24O2. The zero-order chi connectivity index (χ0) is 12.8. The highest BCUT2D eigenvalue weighted by molar-refractivity contribution is 5.29. The van der Waals surface area contributed by atoms with Crippen LogP contribution in [0.3, 0.4) is 0 Å². The molecule has 0 aliphatic heterocycles. The standard InChI is InChI=1S/C16H24O2/c1-2-6-16(17)14-9-5-10-15(11-14)18-12-13-7-3-4-8-13/h5,9-11,13,16-17H,2-4,6-8,12H2,1H3/t16-/m0/s1. The molecule has 0 radical (unpaired) electrons. The van der Waals surface area contributed by atoms with Gasteiger partial charge in [0.05, 0.1) is 12.7 Å². The fourth-order valence-electron chi connectivity index (χ4n) is 2.64. The Balaban J connectivity index is 1.89. The van der Waals surface area contributed by atoms with E-state index in [1.807, 2.05) is 24.3 Å². The summed E-state index contributed by atoms with van der Waals surface area (Å²) in [4.78, 5) is 0. The molecule has 2 nitrogen and oxygen atoms in total. The maximum Gasteiger partial charge on any atom is 0.119 e. The molecule has 1 aliphatic rings. The maximum absolute atomic E-state index is 9.97. The number of rotatable bonds is 6. The van der Waals surface area contributed by atoms with Crippen molar-refractivity contribution >= 4 is 0 Å². The summed E-state index contributed by atoms with van der Waals surface area (Å²) in [6.07, 6.45) is 6.76. The van der Waals surface area contributed by atoms with Crippen LogP contribution in [0.1, 0.15) is 57.1 Å². The number of ether oxygens (including phenoxy) is 1. The molecule has 0 aromatic heterocycles. The second-order valence-electron chi connectivity index (χ2n) is 5.34. The molecule has 0 spiro atoms. The second kappa shape index (κ2) is 6.79. The van der Waals surface area contributed by atoms with Crippen molar-refractivity contribution in [3.8, 4) is 5.75 Å². The van der Waals surface area contributed by atoms with Gasteiger partial charge in [0, 0.05) is 0 Å². The van der Waals surface area contributed by atoms with Gasteiger partial charge in [-0.2, -0.15) is 0 Å². The highest BCUT2D eigenvalue weighted by Gasteiger charge is 2.15. The van der Waals surface area contributed by atoms with Crippen LogP contribution >= 0.6 is 0 Å². The van der Waals surface area contributed by atoms with Gasteiger partial charge < -0.3 is 9.84 Å². The van der Waals surface area contributed by atoms with E-state index in [9.17, 15) is 5.11 Å². The third-order valence-corrected chi connectivity index (χ3v) is 3.77. The predicted octanol–water partition coefficient (Wildman–Crippen LogP) is 4.09. The molecule has 0 heterocycles. The summed E-state index contributed by atoms with van der Waals surface area (Å²) in [5.74, 6) is 1.63. The number of aliphatic hydroxyl groups is 1. The molecule has 2 heteroatoms. The third-order valence-electron chi connectivity index (χ3n) is 3.77. The molecule has 1 aliphatic carbocycles. The van der Waals surface area contributed by atoms with Crippen molar-refractivity contribution in [2.24, 2.45) is 5.92 Å². The zero-order valence-electron chi connectivity index (χ0n) is 11.3. The summed E-state index contributed by atoms with van der Waals surface area (Å²) in [7, 11) is 0. The molecule has 1 atom stereocenters. The topological polar surface area (TPSA) is 29.5 Å². The van der Waals surface area contributed by atoms with Crippen LogP contribution in [0.4, 0.5) is 0 Å². The summed E-state index contributed by atoms with van der Waals surface area (Å²) < 4.78 is 5.85. The third kappa shape index (κ3) is 3.74. The Morgan fingerprint density at radius 3 is 2.83 bits per heavy atom. The van der Waals surface area contributed by atoms with Crippen LogP contribution in [0.2, 0.25) is 0 Å². The first kappa shape index (κ1) is 13.4. The molecule has 18 heavy (non-hydrogen) atoms. The first-order valence-electron chi connectivity index (χ1n) is 7.20. The number of hydrogen-bond acceptors (Lipinski definition) is 2. The van der Waals surface area contributed by atoms with Crippen LogP contribution in [0.25, 0.3) is 0 Å². The summed E-state index contributed by atoms with van der Waals surface area (Å²) in [5.41, 5.74) is 0.973. The number of benzene rings is 1. The van der Waals surface area contributed by atoms with Gasteiger partial charge in [-0.3, -0.25) is 0 Å².